The molecular formula is C21H22F4N2O3. The van der Waals surface area contributed by atoms with Gasteiger partial charge in [-0.15, -0.1) is 0 Å². The van der Waals surface area contributed by atoms with Crippen molar-refractivity contribution in [3.05, 3.63) is 65.5 Å². The van der Waals surface area contributed by atoms with Gasteiger partial charge in [-0.2, -0.15) is 13.2 Å². The van der Waals surface area contributed by atoms with E-state index in [1.165, 1.54) is 30.3 Å². The van der Waals surface area contributed by atoms with E-state index in [4.69, 9.17) is 9.47 Å². The number of carbonyl (C=O) groups is 1. The lowest BCUT2D eigenvalue weighted by molar-refractivity contribution is -0.137. The van der Waals surface area contributed by atoms with Crippen LogP contribution in [-0.2, 0) is 15.7 Å². The molecule has 3 rings (SSSR count). The number of morpholine rings is 1. The Hall–Kier alpha value is -2.65. The highest BCUT2D eigenvalue weighted by atomic mass is 19.4. The second-order valence-electron chi connectivity index (χ2n) is 6.81. The van der Waals surface area contributed by atoms with Crippen molar-refractivity contribution in [2.75, 3.05) is 39.5 Å². The summed E-state index contributed by atoms with van der Waals surface area (Å²) in [6.45, 7) is 1.98. The number of amides is 1. The van der Waals surface area contributed by atoms with Crippen molar-refractivity contribution >= 4 is 5.91 Å². The SMILES string of the molecule is O=C(COc1ccccc1F)NCC(c1ccc(C(F)(F)F)cc1)N1CCOCC1. The van der Waals surface area contributed by atoms with E-state index in [9.17, 15) is 22.4 Å². The maximum absolute atomic E-state index is 13.6. The Bertz CT molecular complexity index is 837. The van der Waals surface area contributed by atoms with Crippen molar-refractivity contribution in [1.29, 1.82) is 0 Å². The van der Waals surface area contributed by atoms with E-state index in [-0.39, 0.29) is 24.9 Å². The second kappa shape index (κ2) is 9.90. The average molecular weight is 426 g/mol. The largest absolute Gasteiger partial charge is 0.481 e. The summed E-state index contributed by atoms with van der Waals surface area (Å²) in [5, 5.41) is 2.72. The van der Waals surface area contributed by atoms with E-state index < -0.39 is 23.5 Å². The summed E-state index contributed by atoms with van der Waals surface area (Å²) < 4.78 is 62.7. The average Bonchev–Trinajstić information content (AvgIpc) is 2.74. The minimum absolute atomic E-state index is 0.0277. The maximum Gasteiger partial charge on any atom is 0.416 e. The smallest absolute Gasteiger partial charge is 0.416 e. The molecule has 0 bridgehead atoms. The molecule has 2 aromatic carbocycles. The van der Waals surface area contributed by atoms with Crippen molar-refractivity contribution in [2.24, 2.45) is 0 Å². The third kappa shape index (κ3) is 5.93. The van der Waals surface area contributed by atoms with Gasteiger partial charge in [0.05, 0.1) is 24.8 Å². The van der Waals surface area contributed by atoms with E-state index in [1.807, 2.05) is 4.90 Å². The zero-order valence-corrected chi connectivity index (χ0v) is 16.1. The molecule has 1 N–H and O–H groups in total. The number of hydrogen-bond donors (Lipinski definition) is 1. The fourth-order valence-corrected chi connectivity index (χ4v) is 3.21. The van der Waals surface area contributed by atoms with Crippen molar-refractivity contribution < 1.29 is 31.8 Å². The minimum atomic E-state index is -4.41. The van der Waals surface area contributed by atoms with Crippen LogP contribution in [0.5, 0.6) is 5.75 Å². The van der Waals surface area contributed by atoms with Crippen LogP contribution in [-0.4, -0.2) is 50.3 Å². The molecule has 9 heteroatoms. The lowest BCUT2D eigenvalue weighted by Gasteiger charge is -2.35. The number of para-hydroxylation sites is 1. The Balaban J connectivity index is 1.64. The fraction of sp³-hybridized carbons (Fsp3) is 0.381. The predicted molar refractivity (Wildman–Crippen MR) is 101 cm³/mol. The third-order valence-electron chi connectivity index (χ3n) is 4.80. The van der Waals surface area contributed by atoms with Gasteiger partial charge >= 0.3 is 6.18 Å². The fourth-order valence-electron chi connectivity index (χ4n) is 3.21. The van der Waals surface area contributed by atoms with Crippen LogP contribution in [0, 0.1) is 5.82 Å². The van der Waals surface area contributed by atoms with Crippen LogP contribution in [0.25, 0.3) is 0 Å². The molecule has 1 atom stereocenters. The van der Waals surface area contributed by atoms with Crippen LogP contribution in [0.15, 0.2) is 48.5 Å². The highest BCUT2D eigenvalue weighted by Gasteiger charge is 2.31. The van der Waals surface area contributed by atoms with Crippen LogP contribution in [0.1, 0.15) is 17.2 Å². The number of nitrogens with zero attached hydrogens (tertiary/aromatic N) is 1. The van der Waals surface area contributed by atoms with Gasteiger partial charge in [0.2, 0.25) is 0 Å². The molecule has 5 nitrogen and oxygen atoms in total. The molecule has 162 valence electrons. The molecule has 1 amide bonds. The minimum Gasteiger partial charge on any atom is -0.481 e. The first-order valence-electron chi connectivity index (χ1n) is 9.47. The molecule has 0 aliphatic carbocycles. The molecule has 0 radical (unpaired) electrons. The summed E-state index contributed by atoms with van der Waals surface area (Å²) >= 11 is 0. The number of ether oxygens (including phenoxy) is 2. The summed E-state index contributed by atoms with van der Waals surface area (Å²) in [7, 11) is 0. The summed E-state index contributed by atoms with van der Waals surface area (Å²) in [6, 6.07) is 10.3. The van der Waals surface area contributed by atoms with Crippen LogP contribution < -0.4 is 10.1 Å². The van der Waals surface area contributed by atoms with Crippen LogP contribution in [0.3, 0.4) is 0 Å². The molecular weight excluding hydrogens is 404 g/mol. The normalized spacial score (nSPS) is 16.1. The first kappa shape index (κ1) is 22.0. The Labute approximate surface area is 171 Å². The number of alkyl halides is 3. The van der Waals surface area contributed by atoms with E-state index >= 15 is 0 Å². The second-order valence-corrected chi connectivity index (χ2v) is 6.81. The maximum atomic E-state index is 13.6. The molecule has 30 heavy (non-hydrogen) atoms. The van der Waals surface area contributed by atoms with Gasteiger partial charge in [0.1, 0.15) is 0 Å². The molecule has 1 aliphatic heterocycles. The number of hydrogen-bond acceptors (Lipinski definition) is 4. The van der Waals surface area contributed by atoms with Crippen LogP contribution in [0.2, 0.25) is 0 Å². The Morgan fingerprint density at radius 1 is 1.10 bits per heavy atom. The number of benzene rings is 2. The molecule has 1 fully saturated rings. The topological polar surface area (TPSA) is 50.8 Å². The third-order valence-corrected chi connectivity index (χ3v) is 4.80. The van der Waals surface area contributed by atoms with Crippen molar-refractivity contribution in [1.82, 2.24) is 10.2 Å². The summed E-state index contributed by atoms with van der Waals surface area (Å²) in [5.41, 5.74) is -0.0745. The van der Waals surface area contributed by atoms with E-state index in [1.54, 1.807) is 6.07 Å². The molecule has 1 heterocycles. The van der Waals surface area contributed by atoms with E-state index in [0.29, 0.717) is 31.9 Å². The Kier molecular flexibility index (Phi) is 7.28. The standard InChI is InChI=1S/C21H22F4N2O3/c22-17-3-1-2-4-19(17)30-14-20(28)26-13-18(27-9-11-29-12-10-27)15-5-7-16(8-6-15)21(23,24)25/h1-8,18H,9-14H2,(H,26,28). The van der Waals surface area contributed by atoms with E-state index in [2.05, 4.69) is 5.32 Å². The lowest BCUT2D eigenvalue weighted by atomic mass is 10.0. The number of nitrogens with one attached hydrogen (secondary N) is 1. The summed E-state index contributed by atoms with van der Waals surface area (Å²) in [6.07, 6.45) is -4.41. The molecule has 2 aromatic rings. The number of rotatable bonds is 7. The number of carbonyl (C=O) groups excluding carboxylic acids is 1. The number of halogens is 4. The summed E-state index contributed by atoms with van der Waals surface area (Å²) in [5.74, 6) is -1.05. The molecule has 1 aliphatic rings. The van der Waals surface area contributed by atoms with Gasteiger partial charge in [-0.25, -0.2) is 4.39 Å². The van der Waals surface area contributed by atoms with E-state index in [0.717, 1.165) is 12.1 Å². The van der Waals surface area contributed by atoms with Gasteiger partial charge in [-0.05, 0) is 29.8 Å². The van der Waals surface area contributed by atoms with Crippen molar-refractivity contribution in [3.8, 4) is 5.75 Å². The zero-order valence-electron chi connectivity index (χ0n) is 16.1. The molecule has 1 unspecified atom stereocenters. The van der Waals surface area contributed by atoms with Crippen molar-refractivity contribution in [3.63, 3.8) is 0 Å². The first-order chi connectivity index (χ1) is 14.3. The quantitative estimate of drug-likeness (QED) is 0.690. The zero-order chi connectivity index (χ0) is 21.6. The van der Waals surface area contributed by atoms with Gasteiger partial charge in [-0.3, -0.25) is 9.69 Å². The van der Waals surface area contributed by atoms with Gasteiger partial charge < -0.3 is 14.8 Å². The molecule has 0 spiro atoms. The Morgan fingerprint density at radius 2 is 1.77 bits per heavy atom. The summed E-state index contributed by atoms with van der Waals surface area (Å²) in [4.78, 5) is 14.2. The van der Waals surface area contributed by atoms with Crippen LogP contribution >= 0.6 is 0 Å². The van der Waals surface area contributed by atoms with Gasteiger partial charge in [-0.1, -0.05) is 24.3 Å². The van der Waals surface area contributed by atoms with Crippen LogP contribution in [0.4, 0.5) is 17.6 Å². The van der Waals surface area contributed by atoms with Gasteiger partial charge in [0.25, 0.3) is 5.91 Å². The first-order valence-corrected chi connectivity index (χ1v) is 9.47. The van der Waals surface area contributed by atoms with Crippen molar-refractivity contribution in [2.45, 2.75) is 12.2 Å². The van der Waals surface area contributed by atoms with Gasteiger partial charge in [0.15, 0.2) is 18.2 Å². The van der Waals surface area contributed by atoms with Gasteiger partial charge in [0, 0.05) is 19.6 Å². The monoisotopic (exact) mass is 426 g/mol. The highest BCUT2D eigenvalue weighted by molar-refractivity contribution is 5.77. The molecule has 0 saturated carbocycles. The Morgan fingerprint density at radius 3 is 2.40 bits per heavy atom. The lowest BCUT2D eigenvalue weighted by Crippen LogP contribution is -2.44. The molecule has 0 aromatic heterocycles. The molecule has 1 saturated heterocycles. The highest BCUT2D eigenvalue weighted by Crippen LogP contribution is 2.31. The predicted octanol–water partition coefficient (Wildman–Crippen LogP) is 3.41.